The Labute approximate surface area is 151 Å². The Kier molecular flexibility index (Phi) is 7.14. The zero-order chi connectivity index (χ0) is 18.4. The van der Waals surface area contributed by atoms with Crippen molar-refractivity contribution < 1.29 is 9.59 Å². The molecule has 1 aliphatic heterocycles. The first kappa shape index (κ1) is 19.6. The molecule has 3 N–H and O–H groups in total. The van der Waals surface area contributed by atoms with Crippen molar-refractivity contribution >= 4 is 11.7 Å². The van der Waals surface area contributed by atoms with Gasteiger partial charge in [0.1, 0.15) is 0 Å². The number of hydrogen-bond acceptors (Lipinski definition) is 4. The highest BCUT2D eigenvalue weighted by Crippen LogP contribution is 2.26. The number of nitrogens with one attached hydrogen (secondary N) is 1. The number of nitrogens with zero attached hydrogens (tertiary/aromatic N) is 1. The summed E-state index contributed by atoms with van der Waals surface area (Å²) in [5.41, 5.74) is 8.44. The molecule has 1 aliphatic rings. The Morgan fingerprint density at radius 1 is 1.24 bits per heavy atom. The Hall–Kier alpha value is -1.72. The number of carbonyl (C=O) groups excluding carboxylic acids is 2. The molecule has 0 aliphatic carbocycles. The zero-order valence-corrected chi connectivity index (χ0v) is 15.6. The largest absolute Gasteiger partial charge is 0.327 e. The molecule has 1 aromatic rings. The molecule has 5 nitrogen and oxygen atoms in total. The minimum atomic E-state index is -0.537. The number of hydrogen-bond donors (Lipinski definition) is 2. The average Bonchev–Trinajstić information content (AvgIpc) is 2.62. The third-order valence-corrected chi connectivity index (χ3v) is 4.94. The Morgan fingerprint density at radius 2 is 1.92 bits per heavy atom. The molecule has 0 unspecified atom stereocenters. The van der Waals surface area contributed by atoms with Crippen molar-refractivity contribution in [2.24, 2.45) is 11.7 Å². The van der Waals surface area contributed by atoms with Crippen molar-refractivity contribution in [2.45, 2.75) is 58.2 Å². The first-order chi connectivity index (χ1) is 12.0. The highest BCUT2D eigenvalue weighted by atomic mass is 16.2. The fourth-order valence-electron chi connectivity index (χ4n) is 3.40. The van der Waals surface area contributed by atoms with Gasteiger partial charge in [-0.25, -0.2) is 0 Å². The van der Waals surface area contributed by atoms with Crippen molar-refractivity contribution in [2.75, 3.05) is 13.6 Å². The van der Waals surface area contributed by atoms with E-state index in [1.807, 2.05) is 39.1 Å². The maximum atomic E-state index is 12.9. The second kappa shape index (κ2) is 9.11. The van der Waals surface area contributed by atoms with E-state index in [0.29, 0.717) is 19.4 Å². The fourth-order valence-corrected chi connectivity index (χ4v) is 3.40. The standard InChI is InChI=1S/C20H31N3O2/c1-14(2)19(24)18-12-15-8-4-5-9-16(15)13-23(18)20(25)17(21)10-6-7-11-22-3/h4-5,8-9,14,17-18,22H,6-7,10-13,21H2,1-3H3/t17-,18-/m0/s1. The normalized spacial score (nSPS) is 18.1. The van der Waals surface area contributed by atoms with E-state index in [2.05, 4.69) is 11.4 Å². The lowest BCUT2D eigenvalue weighted by atomic mass is 9.87. The molecule has 0 radical (unpaired) electrons. The zero-order valence-electron chi connectivity index (χ0n) is 15.6. The third kappa shape index (κ3) is 4.89. The van der Waals surface area contributed by atoms with Crippen LogP contribution in [0.4, 0.5) is 0 Å². The molecule has 138 valence electrons. The van der Waals surface area contributed by atoms with Gasteiger partial charge < -0.3 is 16.0 Å². The van der Waals surface area contributed by atoms with Gasteiger partial charge in [0, 0.05) is 18.9 Å². The summed E-state index contributed by atoms with van der Waals surface area (Å²) in [6, 6.07) is 7.11. The first-order valence-corrected chi connectivity index (χ1v) is 9.26. The molecule has 0 fully saturated rings. The number of carbonyl (C=O) groups is 2. The van der Waals surface area contributed by atoms with E-state index in [1.165, 1.54) is 0 Å². The number of unbranched alkanes of at least 4 members (excludes halogenated alkanes) is 1. The molecule has 25 heavy (non-hydrogen) atoms. The van der Waals surface area contributed by atoms with Crippen molar-refractivity contribution in [3.63, 3.8) is 0 Å². The lowest BCUT2D eigenvalue weighted by Gasteiger charge is -2.38. The van der Waals surface area contributed by atoms with Gasteiger partial charge in [-0.05, 0) is 37.6 Å². The van der Waals surface area contributed by atoms with Gasteiger partial charge in [-0.15, -0.1) is 0 Å². The van der Waals surface area contributed by atoms with Crippen LogP contribution in [-0.2, 0) is 22.6 Å². The molecule has 5 heteroatoms. The van der Waals surface area contributed by atoms with Gasteiger partial charge in [-0.3, -0.25) is 9.59 Å². The average molecular weight is 345 g/mol. The van der Waals surface area contributed by atoms with Gasteiger partial charge in [0.05, 0.1) is 12.1 Å². The molecule has 1 heterocycles. The van der Waals surface area contributed by atoms with Crippen LogP contribution in [0, 0.1) is 5.92 Å². The lowest BCUT2D eigenvalue weighted by molar-refractivity contribution is -0.143. The lowest BCUT2D eigenvalue weighted by Crippen LogP contribution is -2.54. The van der Waals surface area contributed by atoms with E-state index in [4.69, 9.17) is 5.73 Å². The Bertz CT molecular complexity index is 600. The third-order valence-electron chi connectivity index (χ3n) is 4.94. The molecule has 2 rings (SSSR count). The molecule has 0 aromatic heterocycles. The van der Waals surface area contributed by atoms with Crippen molar-refractivity contribution in [3.8, 4) is 0 Å². The number of ketones is 1. The summed E-state index contributed by atoms with van der Waals surface area (Å²) in [7, 11) is 1.92. The topological polar surface area (TPSA) is 75.4 Å². The molecule has 2 atom stereocenters. The number of Topliss-reactive ketones (excluding diaryl/α,β-unsaturated/α-hetero) is 1. The first-order valence-electron chi connectivity index (χ1n) is 9.26. The summed E-state index contributed by atoms with van der Waals surface area (Å²) in [5.74, 6) is -0.0828. The molecule has 1 aromatic carbocycles. The van der Waals surface area contributed by atoms with Crippen LogP contribution in [0.1, 0.15) is 44.2 Å². The number of nitrogens with two attached hydrogens (primary N) is 1. The maximum Gasteiger partial charge on any atom is 0.240 e. The van der Waals surface area contributed by atoms with Crippen LogP contribution >= 0.6 is 0 Å². The molecular weight excluding hydrogens is 314 g/mol. The van der Waals surface area contributed by atoms with Crippen molar-refractivity contribution in [1.82, 2.24) is 10.2 Å². The summed E-state index contributed by atoms with van der Waals surface area (Å²) in [6.07, 6.45) is 3.14. The van der Waals surface area contributed by atoms with Gasteiger partial charge >= 0.3 is 0 Å². The van der Waals surface area contributed by atoms with Gasteiger partial charge in [-0.2, -0.15) is 0 Å². The summed E-state index contributed by atoms with van der Waals surface area (Å²) in [5, 5.41) is 3.10. The second-order valence-electron chi connectivity index (χ2n) is 7.22. The summed E-state index contributed by atoms with van der Waals surface area (Å²) in [6.45, 7) is 5.18. The predicted octanol–water partition coefficient (Wildman–Crippen LogP) is 1.88. The molecule has 0 saturated heterocycles. The van der Waals surface area contributed by atoms with Gasteiger partial charge in [0.15, 0.2) is 5.78 Å². The molecule has 0 bridgehead atoms. The molecule has 0 spiro atoms. The summed E-state index contributed by atoms with van der Waals surface area (Å²) >= 11 is 0. The van der Waals surface area contributed by atoms with E-state index in [-0.39, 0.29) is 17.6 Å². The molecular formula is C20H31N3O2. The highest BCUT2D eigenvalue weighted by Gasteiger charge is 2.36. The SMILES string of the molecule is CNCCCC[C@H](N)C(=O)N1Cc2ccccc2C[C@H]1C(=O)C(C)C. The van der Waals surface area contributed by atoms with Gasteiger partial charge in [-0.1, -0.05) is 44.5 Å². The minimum Gasteiger partial charge on any atom is -0.327 e. The van der Waals surface area contributed by atoms with Crippen LogP contribution in [0.5, 0.6) is 0 Å². The van der Waals surface area contributed by atoms with E-state index in [0.717, 1.165) is 30.5 Å². The smallest absolute Gasteiger partial charge is 0.240 e. The minimum absolute atomic E-state index is 0.0991. The van der Waals surface area contributed by atoms with Crippen LogP contribution in [0.3, 0.4) is 0 Å². The van der Waals surface area contributed by atoms with E-state index in [9.17, 15) is 9.59 Å². The quantitative estimate of drug-likeness (QED) is 0.706. The molecule has 0 saturated carbocycles. The Balaban J connectivity index is 2.14. The second-order valence-corrected chi connectivity index (χ2v) is 7.22. The number of amides is 1. The maximum absolute atomic E-state index is 12.9. The number of rotatable bonds is 8. The van der Waals surface area contributed by atoms with Gasteiger partial charge in [0.25, 0.3) is 0 Å². The van der Waals surface area contributed by atoms with Crippen LogP contribution in [-0.4, -0.2) is 42.3 Å². The highest BCUT2D eigenvalue weighted by molar-refractivity contribution is 5.92. The predicted molar refractivity (Wildman–Crippen MR) is 100 cm³/mol. The van der Waals surface area contributed by atoms with Crippen molar-refractivity contribution in [3.05, 3.63) is 35.4 Å². The van der Waals surface area contributed by atoms with Crippen LogP contribution < -0.4 is 11.1 Å². The van der Waals surface area contributed by atoms with E-state index in [1.54, 1.807) is 4.90 Å². The number of benzene rings is 1. The van der Waals surface area contributed by atoms with Crippen LogP contribution in [0.2, 0.25) is 0 Å². The molecule has 1 amide bonds. The number of fused-ring (bicyclic) bond motifs is 1. The summed E-state index contributed by atoms with van der Waals surface area (Å²) in [4.78, 5) is 27.4. The monoisotopic (exact) mass is 345 g/mol. The van der Waals surface area contributed by atoms with Crippen molar-refractivity contribution in [1.29, 1.82) is 0 Å². The fraction of sp³-hybridized carbons (Fsp3) is 0.600. The Morgan fingerprint density at radius 3 is 2.56 bits per heavy atom. The van der Waals surface area contributed by atoms with Crippen LogP contribution in [0.25, 0.3) is 0 Å². The van der Waals surface area contributed by atoms with Gasteiger partial charge in [0.2, 0.25) is 5.91 Å². The van der Waals surface area contributed by atoms with E-state index < -0.39 is 12.1 Å². The van der Waals surface area contributed by atoms with E-state index >= 15 is 0 Å². The summed E-state index contributed by atoms with van der Waals surface area (Å²) < 4.78 is 0. The van der Waals surface area contributed by atoms with Crippen LogP contribution in [0.15, 0.2) is 24.3 Å².